The van der Waals surface area contributed by atoms with Crippen LogP contribution >= 0.6 is 35.7 Å². The van der Waals surface area contributed by atoms with E-state index in [-0.39, 0.29) is 11.7 Å². The fraction of sp³-hybridized carbons (Fsp3) is 0.158. The van der Waals surface area contributed by atoms with Gasteiger partial charge >= 0.3 is 0 Å². The molecule has 24 heavy (non-hydrogen) atoms. The highest BCUT2D eigenvalue weighted by molar-refractivity contribution is 8.27. The van der Waals surface area contributed by atoms with Crippen LogP contribution in [0.1, 0.15) is 18.4 Å². The van der Waals surface area contributed by atoms with Gasteiger partial charge in [-0.2, -0.15) is 0 Å². The fourth-order valence-corrected chi connectivity index (χ4v) is 5.94. The number of nitrogens with zero attached hydrogens (tertiary/aromatic N) is 1. The standard InChI is InChI=1S/C19H15NOS3/c1-2-20-13-10-6-7-11-14(13)23-18(20)17-16(21)15(19(22)24-17)12-8-4-3-5-9-12/h3-11,15H,2H2,1H3/b18-17-/t15-/m0/s1. The van der Waals surface area contributed by atoms with Crippen molar-refractivity contribution in [1.29, 1.82) is 0 Å². The van der Waals surface area contributed by atoms with Gasteiger partial charge in [-0.25, -0.2) is 0 Å². The zero-order chi connectivity index (χ0) is 16.7. The number of thioether (sulfide) groups is 2. The van der Waals surface area contributed by atoms with E-state index in [4.69, 9.17) is 12.2 Å². The monoisotopic (exact) mass is 369 g/mol. The van der Waals surface area contributed by atoms with Crippen molar-refractivity contribution < 1.29 is 4.79 Å². The van der Waals surface area contributed by atoms with E-state index in [1.165, 1.54) is 22.3 Å². The van der Waals surface area contributed by atoms with Gasteiger partial charge < -0.3 is 4.90 Å². The highest BCUT2D eigenvalue weighted by atomic mass is 32.2. The molecule has 0 radical (unpaired) electrons. The van der Waals surface area contributed by atoms with Crippen LogP contribution in [0.25, 0.3) is 0 Å². The molecule has 0 aromatic heterocycles. The summed E-state index contributed by atoms with van der Waals surface area (Å²) in [5, 5.41) is 1.02. The Morgan fingerprint density at radius 2 is 1.75 bits per heavy atom. The lowest BCUT2D eigenvalue weighted by Gasteiger charge is -2.19. The number of hydrogen-bond donors (Lipinski definition) is 0. The molecule has 2 heterocycles. The smallest absolute Gasteiger partial charge is 0.185 e. The predicted octanol–water partition coefficient (Wildman–Crippen LogP) is 5.21. The Hall–Kier alpha value is -1.56. The third kappa shape index (κ3) is 2.51. The van der Waals surface area contributed by atoms with Crippen LogP contribution in [0.15, 0.2) is 69.4 Å². The molecule has 0 saturated carbocycles. The van der Waals surface area contributed by atoms with Gasteiger partial charge in [0.2, 0.25) is 0 Å². The minimum atomic E-state index is -0.309. The third-order valence-electron chi connectivity index (χ3n) is 4.18. The maximum absolute atomic E-state index is 13.1. The largest absolute Gasteiger partial charge is 0.334 e. The van der Waals surface area contributed by atoms with Crippen molar-refractivity contribution >= 4 is 51.4 Å². The lowest BCUT2D eigenvalue weighted by molar-refractivity contribution is -0.114. The third-order valence-corrected chi connectivity index (χ3v) is 7.01. The van der Waals surface area contributed by atoms with E-state index in [0.717, 1.165) is 26.2 Å². The van der Waals surface area contributed by atoms with Gasteiger partial charge in [0.05, 0.1) is 25.7 Å². The second kappa shape index (κ2) is 6.39. The van der Waals surface area contributed by atoms with E-state index >= 15 is 0 Å². The molecule has 2 aromatic carbocycles. The molecule has 2 aliphatic heterocycles. The van der Waals surface area contributed by atoms with E-state index in [1.54, 1.807) is 11.8 Å². The Morgan fingerprint density at radius 1 is 1.04 bits per heavy atom. The summed E-state index contributed by atoms with van der Waals surface area (Å²) in [6, 6.07) is 18.1. The van der Waals surface area contributed by atoms with Crippen molar-refractivity contribution in [2.24, 2.45) is 0 Å². The fourth-order valence-electron chi connectivity index (χ4n) is 3.05. The molecule has 1 saturated heterocycles. The lowest BCUT2D eigenvalue weighted by atomic mass is 9.96. The van der Waals surface area contributed by atoms with Gasteiger partial charge in [-0.15, -0.1) is 0 Å². The van der Waals surface area contributed by atoms with Crippen molar-refractivity contribution in [3.63, 3.8) is 0 Å². The Bertz CT molecular complexity index is 860. The number of anilines is 1. The highest BCUT2D eigenvalue weighted by Gasteiger charge is 2.41. The average Bonchev–Trinajstić information content (AvgIpc) is 3.12. The minimum Gasteiger partial charge on any atom is -0.334 e. The van der Waals surface area contributed by atoms with Crippen molar-refractivity contribution in [3.8, 4) is 0 Å². The molecule has 4 rings (SSSR count). The summed E-state index contributed by atoms with van der Waals surface area (Å²) in [4.78, 5) is 17.3. The summed E-state index contributed by atoms with van der Waals surface area (Å²) in [5.41, 5.74) is 2.16. The van der Waals surface area contributed by atoms with Gasteiger partial charge in [0, 0.05) is 11.4 Å². The van der Waals surface area contributed by atoms with E-state index in [1.807, 2.05) is 42.5 Å². The van der Waals surface area contributed by atoms with Crippen LogP contribution in [0.4, 0.5) is 5.69 Å². The first-order valence-electron chi connectivity index (χ1n) is 7.80. The van der Waals surface area contributed by atoms with Crippen molar-refractivity contribution in [1.82, 2.24) is 0 Å². The van der Waals surface area contributed by atoms with Crippen molar-refractivity contribution in [3.05, 3.63) is 70.1 Å². The van der Waals surface area contributed by atoms with Crippen molar-refractivity contribution in [2.45, 2.75) is 17.7 Å². The van der Waals surface area contributed by atoms with Gasteiger partial charge in [-0.05, 0) is 24.6 Å². The van der Waals surface area contributed by atoms with Crippen molar-refractivity contribution in [2.75, 3.05) is 11.4 Å². The topological polar surface area (TPSA) is 20.3 Å². The SMILES string of the molecule is CCN1/C(=C2/SC(=S)[C@@H](c3ccccc3)C2=O)Sc2ccccc21. The molecular weight excluding hydrogens is 354 g/mol. The first kappa shape index (κ1) is 15.9. The van der Waals surface area contributed by atoms with Crippen LogP contribution in [0, 0.1) is 0 Å². The summed E-state index contributed by atoms with van der Waals surface area (Å²) in [6.07, 6.45) is 0. The number of Topliss-reactive ketones (excluding diaryl/α,β-unsaturated/α-hetero) is 1. The molecule has 0 aliphatic carbocycles. The Morgan fingerprint density at radius 3 is 2.50 bits per heavy atom. The number of hydrogen-bond acceptors (Lipinski definition) is 5. The molecule has 0 amide bonds. The molecule has 2 aliphatic rings. The number of rotatable bonds is 2. The molecule has 120 valence electrons. The summed E-state index contributed by atoms with van der Waals surface area (Å²) < 4.78 is 0.751. The minimum absolute atomic E-state index is 0.130. The number of thiocarbonyl (C=S) groups is 1. The summed E-state index contributed by atoms with van der Waals surface area (Å²) >= 11 is 8.69. The quantitative estimate of drug-likeness (QED) is 0.533. The second-order valence-electron chi connectivity index (χ2n) is 5.58. The molecule has 0 spiro atoms. The number of benzene rings is 2. The molecule has 1 atom stereocenters. The average molecular weight is 370 g/mol. The summed E-state index contributed by atoms with van der Waals surface area (Å²) in [6.45, 7) is 2.94. The highest BCUT2D eigenvalue weighted by Crippen LogP contribution is 2.52. The Labute approximate surface area is 155 Å². The van der Waals surface area contributed by atoms with Crippen LogP contribution in [0.2, 0.25) is 0 Å². The molecular formula is C19H15NOS3. The molecule has 0 bridgehead atoms. The zero-order valence-corrected chi connectivity index (χ0v) is 15.5. The molecule has 2 aromatic rings. The first-order valence-corrected chi connectivity index (χ1v) is 9.84. The number of fused-ring (bicyclic) bond motifs is 1. The van der Waals surface area contributed by atoms with Gasteiger partial charge in [0.15, 0.2) is 5.78 Å². The number of para-hydroxylation sites is 1. The predicted molar refractivity (Wildman–Crippen MR) is 107 cm³/mol. The number of carbonyl (C=O) groups is 1. The summed E-state index contributed by atoms with van der Waals surface area (Å²) in [7, 11) is 0. The second-order valence-corrected chi connectivity index (χ2v) is 8.36. The molecule has 0 unspecified atom stereocenters. The van der Waals surface area contributed by atoms with Crippen LogP contribution in [0.5, 0.6) is 0 Å². The van der Waals surface area contributed by atoms with E-state index < -0.39 is 0 Å². The van der Waals surface area contributed by atoms with Crippen LogP contribution in [-0.4, -0.2) is 16.5 Å². The van der Waals surface area contributed by atoms with Crippen LogP contribution in [-0.2, 0) is 4.79 Å². The Kier molecular flexibility index (Phi) is 4.24. The van der Waals surface area contributed by atoms with E-state index in [9.17, 15) is 4.79 Å². The van der Waals surface area contributed by atoms with Crippen LogP contribution in [0.3, 0.4) is 0 Å². The van der Waals surface area contributed by atoms with Gasteiger partial charge in [-0.3, -0.25) is 4.79 Å². The lowest BCUT2D eigenvalue weighted by Crippen LogP contribution is -2.19. The normalized spacial score (nSPS) is 23.0. The van der Waals surface area contributed by atoms with Gasteiger partial charge in [0.1, 0.15) is 0 Å². The molecule has 0 N–H and O–H groups in total. The van der Waals surface area contributed by atoms with Gasteiger partial charge in [0.25, 0.3) is 0 Å². The summed E-state index contributed by atoms with van der Waals surface area (Å²) in [5.74, 6) is -0.179. The molecule has 5 heteroatoms. The first-order chi connectivity index (χ1) is 11.7. The Balaban J connectivity index is 1.77. The van der Waals surface area contributed by atoms with Crippen LogP contribution < -0.4 is 4.90 Å². The number of allylic oxidation sites excluding steroid dienone is 1. The molecule has 2 nitrogen and oxygen atoms in total. The molecule has 1 fully saturated rings. The van der Waals surface area contributed by atoms with E-state index in [0.29, 0.717) is 0 Å². The zero-order valence-electron chi connectivity index (χ0n) is 13.1. The number of ketones is 1. The van der Waals surface area contributed by atoms with Gasteiger partial charge in [-0.1, -0.05) is 78.2 Å². The van der Waals surface area contributed by atoms with E-state index in [2.05, 4.69) is 24.0 Å². The number of carbonyl (C=O) groups excluding carboxylic acids is 1. The maximum Gasteiger partial charge on any atom is 0.185 e. The maximum atomic E-state index is 13.1.